The van der Waals surface area contributed by atoms with Crippen LogP contribution in [0.25, 0.3) is 5.57 Å². The molecule has 1 aromatic carbocycles. The van der Waals surface area contributed by atoms with E-state index >= 15 is 0 Å². The van der Waals surface area contributed by atoms with Crippen LogP contribution in [0.4, 0.5) is 0 Å². The van der Waals surface area contributed by atoms with Gasteiger partial charge in [0.25, 0.3) is 0 Å². The lowest BCUT2D eigenvalue weighted by Gasteiger charge is -2.48. The predicted molar refractivity (Wildman–Crippen MR) is 120 cm³/mol. The molecule has 2 aliphatic rings. The van der Waals surface area contributed by atoms with Crippen LogP contribution in [-0.4, -0.2) is 14.4 Å². The minimum atomic E-state index is -1.78. The van der Waals surface area contributed by atoms with Gasteiger partial charge in [0.2, 0.25) is 0 Å². The van der Waals surface area contributed by atoms with Crippen LogP contribution in [0, 0.1) is 5.92 Å². The predicted octanol–water partition coefficient (Wildman–Crippen LogP) is 7.76. The number of benzene rings is 1. The number of allylic oxidation sites excluding steroid dienone is 2. The van der Waals surface area contributed by atoms with Crippen LogP contribution in [-0.2, 0) is 4.43 Å². The molecule has 2 atom stereocenters. The standard InChI is InChI=1S/C25H38OSi/c1-7-8-10-15-23-25-22(17-27(26-23,18(2)3)19(4)5)16-20(6)24(25)21-13-11-9-12-14-21/h9,11-14,18-19,22-23H,6-8,10,15-17H2,1-5H3. The van der Waals surface area contributed by atoms with Gasteiger partial charge in [0.05, 0.1) is 6.10 Å². The third-order valence-corrected chi connectivity index (χ3v) is 12.7. The molecule has 1 aliphatic carbocycles. The zero-order valence-electron chi connectivity index (χ0n) is 18.1. The largest absolute Gasteiger partial charge is 0.410 e. The zero-order valence-corrected chi connectivity index (χ0v) is 19.1. The fourth-order valence-electron chi connectivity index (χ4n) is 5.47. The second-order valence-electron chi connectivity index (χ2n) is 9.27. The first kappa shape index (κ1) is 20.6. The first-order chi connectivity index (χ1) is 12.9. The lowest BCUT2D eigenvalue weighted by Crippen LogP contribution is -2.53. The summed E-state index contributed by atoms with van der Waals surface area (Å²) >= 11 is 0. The van der Waals surface area contributed by atoms with Crippen LogP contribution in [0.1, 0.15) is 72.3 Å². The van der Waals surface area contributed by atoms with Gasteiger partial charge in [-0.15, -0.1) is 0 Å². The van der Waals surface area contributed by atoms with Gasteiger partial charge in [-0.05, 0) is 58.2 Å². The third-order valence-electron chi connectivity index (χ3n) is 6.94. The molecule has 1 saturated heterocycles. The maximum atomic E-state index is 7.20. The molecule has 1 aliphatic heterocycles. The minimum Gasteiger partial charge on any atom is -0.410 e. The van der Waals surface area contributed by atoms with Crippen molar-refractivity contribution < 1.29 is 4.43 Å². The summed E-state index contributed by atoms with van der Waals surface area (Å²) in [6.45, 7) is 16.4. The summed E-state index contributed by atoms with van der Waals surface area (Å²) in [7, 11) is -1.78. The van der Waals surface area contributed by atoms with Gasteiger partial charge in [-0.25, -0.2) is 0 Å². The maximum absolute atomic E-state index is 7.20. The van der Waals surface area contributed by atoms with Crippen LogP contribution >= 0.6 is 0 Å². The highest BCUT2D eigenvalue weighted by atomic mass is 28.4. The second kappa shape index (κ2) is 8.49. The van der Waals surface area contributed by atoms with E-state index in [1.54, 1.807) is 5.57 Å². The van der Waals surface area contributed by atoms with E-state index in [1.165, 1.54) is 48.4 Å². The Bertz CT molecular complexity index is 678. The summed E-state index contributed by atoms with van der Waals surface area (Å²) in [6, 6.07) is 12.2. The molecule has 1 heterocycles. The van der Waals surface area contributed by atoms with E-state index in [1.807, 2.05) is 0 Å². The van der Waals surface area contributed by atoms with E-state index in [9.17, 15) is 0 Å². The minimum absolute atomic E-state index is 0.307. The van der Waals surface area contributed by atoms with Crippen molar-refractivity contribution in [1.82, 2.24) is 0 Å². The van der Waals surface area contributed by atoms with Crippen molar-refractivity contribution in [2.24, 2.45) is 5.92 Å². The number of hydrogen-bond donors (Lipinski definition) is 0. The van der Waals surface area contributed by atoms with Gasteiger partial charge in [0.15, 0.2) is 8.32 Å². The Balaban J connectivity index is 2.04. The molecule has 27 heavy (non-hydrogen) atoms. The highest BCUT2D eigenvalue weighted by Gasteiger charge is 2.52. The van der Waals surface area contributed by atoms with Crippen molar-refractivity contribution in [2.45, 2.75) is 90.0 Å². The fourth-order valence-corrected chi connectivity index (χ4v) is 10.3. The van der Waals surface area contributed by atoms with E-state index in [4.69, 9.17) is 4.43 Å². The van der Waals surface area contributed by atoms with Gasteiger partial charge < -0.3 is 4.43 Å². The zero-order chi connectivity index (χ0) is 19.6. The summed E-state index contributed by atoms with van der Waals surface area (Å²) in [5.41, 5.74) is 7.03. The maximum Gasteiger partial charge on any atom is 0.199 e. The Morgan fingerprint density at radius 2 is 1.74 bits per heavy atom. The molecule has 0 N–H and O–H groups in total. The van der Waals surface area contributed by atoms with Crippen molar-refractivity contribution in [3.63, 3.8) is 0 Å². The van der Waals surface area contributed by atoms with Crippen molar-refractivity contribution in [3.05, 3.63) is 53.6 Å². The van der Waals surface area contributed by atoms with Crippen molar-refractivity contribution in [3.8, 4) is 0 Å². The van der Waals surface area contributed by atoms with Crippen molar-refractivity contribution in [1.29, 1.82) is 0 Å². The third kappa shape index (κ3) is 3.89. The number of hydrogen-bond acceptors (Lipinski definition) is 1. The SMILES string of the molecule is C=C1CC2C[Si](C(C)C)(C(C)C)OC(CCCCC)C2=C1c1ccccc1. The molecule has 148 valence electrons. The van der Waals surface area contributed by atoms with Crippen LogP contribution in [0.2, 0.25) is 17.1 Å². The lowest BCUT2D eigenvalue weighted by atomic mass is 9.91. The molecule has 0 bridgehead atoms. The number of fused-ring (bicyclic) bond motifs is 1. The first-order valence-corrected chi connectivity index (χ1v) is 13.3. The summed E-state index contributed by atoms with van der Waals surface area (Å²) < 4.78 is 7.20. The van der Waals surface area contributed by atoms with Gasteiger partial charge in [0, 0.05) is 0 Å². The summed E-state index contributed by atoms with van der Waals surface area (Å²) in [4.78, 5) is 0. The van der Waals surface area contributed by atoms with Crippen molar-refractivity contribution in [2.75, 3.05) is 0 Å². The summed E-state index contributed by atoms with van der Waals surface area (Å²) in [5, 5.41) is 0. The quantitative estimate of drug-likeness (QED) is 0.346. The van der Waals surface area contributed by atoms with Crippen LogP contribution in [0.15, 0.2) is 48.1 Å². The molecule has 1 fully saturated rings. The van der Waals surface area contributed by atoms with Gasteiger partial charge in [-0.2, -0.15) is 0 Å². The molecule has 1 aromatic rings. The normalized spacial score (nSPS) is 24.8. The van der Waals surface area contributed by atoms with E-state index in [2.05, 4.69) is 71.5 Å². The highest BCUT2D eigenvalue weighted by Crippen LogP contribution is 2.55. The Kier molecular flexibility index (Phi) is 6.48. The molecule has 0 amide bonds. The lowest BCUT2D eigenvalue weighted by molar-refractivity contribution is 0.166. The van der Waals surface area contributed by atoms with Crippen molar-refractivity contribution >= 4 is 13.9 Å². The molecule has 2 unspecified atom stereocenters. The average Bonchev–Trinajstić information content (AvgIpc) is 2.97. The van der Waals surface area contributed by atoms with Gasteiger partial charge >= 0.3 is 0 Å². The van der Waals surface area contributed by atoms with Gasteiger partial charge in [-0.1, -0.05) is 90.8 Å². The molecule has 0 saturated carbocycles. The smallest absolute Gasteiger partial charge is 0.199 e. The Labute approximate surface area is 168 Å². The topological polar surface area (TPSA) is 9.23 Å². The first-order valence-electron chi connectivity index (χ1n) is 11.1. The summed E-state index contributed by atoms with van der Waals surface area (Å²) in [6.07, 6.45) is 6.47. The summed E-state index contributed by atoms with van der Waals surface area (Å²) in [5.74, 6) is 0.657. The molecule has 1 nitrogen and oxygen atoms in total. The molecule has 0 radical (unpaired) electrons. The number of unbranched alkanes of at least 4 members (excludes halogenated alkanes) is 2. The van der Waals surface area contributed by atoms with Gasteiger partial charge in [-0.3, -0.25) is 0 Å². The highest BCUT2D eigenvalue weighted by molar-refractivity contribution is 6.76. The van der Waals surface area contributed by atoms with E-state index in [-0.39, 0.29) is 0 Å². The monoisotopic (exact) mass is 382 g/mol. The fraction of sp³-hybridized carbons (Fsp3) is 0.600. The van der Waals surface area contributed by atoms with E-state index in [0.717, 1.165) is 6.42 Å². The Morgan fingerprint density at radius 3 is 2.33 bits per heavy atom. The Morgan fingerprint density at radius 1 is 1.07 bits per heavy atom. The number of rotatable bonds is 7. The molecule has 0 spiro atoms. The molecule has 3 rings (SSSR count). The molecule has 0 aromatic heterocycles. The van der Waals surface area contributed by atoms with E-state index in [0.29, 0.717) is 23.1 Å². The molecule has 2 heteroatoms. The van der Waals surface area contributed by atoms with Crippen LogP contribution in [0.3, 0.4) is 0 Å². The molecular weight excluding hydrogens is 344 g/mol. The van der Waals surface area contributed by atoms with Gasteiger partial charge in [0.1, 0.15) is 0 Å². The van der Waals surface area contributed by atoms with E-state index < -0.39 is 8.32 Å². The van der Waals surface area contributed by atoms with Crippen LogP contribution < -0.4 is 0 Å². The Hall–Kier alpha value is -1.12. The molecular formula is C25H38OSi. The second-order valence-corrected chi connectivity index (χ2v) is 14.1. The van der Waals surface area contributed by atoms with Crippen LogP contribution in [0.5, 0.6) is 0 Å². The average molecular weight is 383 g/mol.